The maximum Gasteiger partial charge on any atom is 0.356 e. The molecule has 0 unspecified atom stereocenters. The number of ether oxygens (including phenoxy) is 1. The van der Waals surface area contributed by atoms with Gasteiger partial charge in [0.2, 0.25) is 0 Å². The first-order chi connectivity index (χ1) is 8.20. The molecule has 0 saturated carbocycles. The number of rotatable bonds is 2. The van der Waals surface area contributed by atoms with E-state index in [9.17, 15) is 4.79 Å². The van der Waals surface area contributed by atoms with Gasteiger partial charge >= 0.3 is 5.97 Å². The van der Waals surface area contributed by atoms with Crippen LogP contribution in [0, 0.1) is 0 Å². The molecule has 0 atom stereocenters. The zero-order valence-electron chi connectivity index (χ0n) is 9.38. The molecule has 0 radical (unpaired) electrons. The van der Waals surface area contributed by atoms with Gasteiger partial charge in [-0.25, -0.2) is 9.78 Å². The van der Waals surface area contributed by atoms with Crippen LogP contribution in [0.15, 0.2) is 42.6 Å². The molecule has 1 aromatic heterocycles. The van der Waals surface area contributed by atoms with E-state index < -0.39 is 5.97 Å². The quantitative estimate of drug-likeness (QED) is 0.631. The normalized spacial score (nSPS) is 9.94. The topological polar surface area (TPSA) is 65.2 Å². The fraction of sp³-hybridized carbons (Fsp3) is 0.0769. The number of aromatic nitrogens is 1. The molecular formula is C13H12N2O2. The smallest absolute Gasteiger partial charge is 0.356 e. The molecule has 0 amide bonds. The Balaban J connectivity index is 2.32. The summed E-state index contributed by atoms with van der Waals surface area (Å²) in [5.41, 5.74) is 8.56. The van der Waals surface area contributed by atoms with E-state index in [0.717, 1.165) is 11.1 Å². The molecular weight excluding hydrogens is 216 g/mol. The van der Waals surface area contributed by atoms with E-state index in [1.54, 1.807) is 12.3 Å². The second kappa shape index (κ2) is 4.65. The van der Waals surface area contributed by atoms with Gasteiger partial charge in [-0.05, 0) is 23.8 Å². The maximum atomic E-state index is 11.2. The van der Waals surface area contributed by atoms with Gasteiger partial charge in [-0.3, -0.25) is 0 Å². The number of nitrogens with zero attached hydrogens (tertiary/aromatic N) is 1. The lowest BCUT2D eigenvalue weighted by molar-refractivity contribution is 0.0594. The lowest BCUT2D eigenvalue weighted by Gasteiger charge is -2.03. The first-order valence-electron chi connectivity index (χ1n) is 5.11. The number of esters is 1. The van der Waals surface area contributed by atoms with Crippen molar-refractivity contribution < 1.29 is 9.53 Å². The molecule has 1 heterocycles. The van der Waals surface area contributed by atoms with Crippen molar-refractivity contribution in [3.63, 3.8) is 0 Å². The van der Waals surface area contributed by atoms with Crippen molar-refractivity contribution in [2.45, 2.75) is 0 Å². The van der Waals surface area contributed by atoms with Crippen LogP contribution >= 0.6 is 0 Å². The Morgan fingerprint density at radius 1 is 1.24 bits per heavy atom. The van der Waals surface area contributed by atoms with E-state index >= 15 is 0 Å². The number of hydrogen-bond donors (Lipinski definition) is 1. The predicted octanol–water partition coefficient (Wildman–Crippen LogP) is 2.12. The van der Waals surface area contributed by atoms with Gasteiger partial charge in [0.05, 0.1) is 7.11 Å². The van der Waals surface area contributed by atoms with E-state index in [1.165, 1.54) is 7.11 Å². The zero-order chi connectivity index (χ0) is 12.3. The average Bonchev–Trinajstić information content (AvgIpc) is 2.38. The fourth-order valence-electron chi connectivity index (χ4n) is 1.51. The van der Waals surface area contributed by atoms with E-state index in [4.69, 9.17) is 5.73 Å². The maximum absolute atomic E-state index is 11.2. The number of nitrogens with two attached hydrogens (primary N) is 1. The molecule has 4 heteroatoms. The van der Waals surface area contributed by atoms with Crippen LogP contribution in [0.3, 0.4) is 0 Å². The van der Waals surface area contributed by atoms with Crippen molar-refractivity contribution >= 4 is 11.7 Å². The van der Waals surface area contributed by atoms with E-state index in [1.807, 2.05) is 30.3 Å². The van der Waals surface area contributed by atoms with Crippen molar-refractivity contribution in [1.82, 2.24) is 4.98 Å². The summed E-state index contributed by atoms with van der Waals surface area (Å²) in [6.07, 6.45) is 1.63. The van der Waals surface area contributed by atoms with Crippen molar-refractivity contribution in [2.24, 2.45) is 0 Å². The number of nitrogen functional groups attached to an aromatic ring is 1. The van der Waals surface area contributed by atoms with Crippen LogP contribution in [0.5, 0.6) is 0 Å². The highest BCUT2D eigenvalue weighted by molar-refractivity contribution is 5.87. The molecule has 0 bridgehead atoms. The van der Waals surface area contributed by atoms with E-state index in [0.29, 0.717) is 11.4 Å². The standard InChI is InChI=1S/C13H12N2O2/c1-17-13(16)12-6-5-10(8-15-12)9-3-2-4-11(14)7-9/h2-8H,14H2,1H3. The van der Waals surface area contributed by atoms with Gasteiger partial charge in [0.25, 0.3) is 0 Å². The summed E-state index contributed by atoms with van der Waals surface area (Å²) in [5, 5.41) is 0. The predicted molar refractivity (Wildman–Crippen MR) is 65.4 cm³/mol. The molecule has 0 spiro atoms. The number of carbonyl (C=O) groups excluding carboxylic acids is 1. The lowest BCUT2D eigenvalue weighted by Crippen LogP contribution is -2.03. The van der Waals surface area contributed by atoms with Gasteiger partial charge in [-0.15, -0.1) is 0 Å². The monoisotopic (exact) mass is 228 g/mol. The van der Waals surface area contributed by atoms with Crippen LogP contribution in [-0.2, 0) is 4.74 Å². The van der Waals surface area contributed by atoms with Gasteiger partial charge in [-0.2, -0.15) is 0 Å². The highest BCUT2D eigenvalue weighted by Crippen LogP contribution is 2.20. The Morgan fingerprint density at radius 2 is 2.06 bits per heavy atom. The molecule has 4 nitrogen and oxygen atoms in total. The van der Waals surface area contributed by atoms with E-state index in [2.05, 4.69) is 9.72 Å². The average molecular weight is 228 g/mol. The van der Waals surface area contributed by atoms with Crippen LogP contribution in [0.2, 0.25) is 0 Å². The summed E-state index contributed by atoms with van der Waals surface area (Å²) in [7, 11) is 1.33. The number of anilines is 1. The third-order valence-corrected chi connectivity index (χ3v) is 2.38. The largest absolute Gasteiger partial charge is 0.464 e. The second-order valence-corrected chi connectivity index (χ2v) is 3.55. The number of pyridine rings is 1. The molecule has 0 aliphatic heterocycles. The van der Waals surface area contributed by atoms with Gasteiger partial charge in [0.1, 0.15) is 5.69 Å². The van der Waals surface area contributed by atoms with Crippen LogP contribution in [0.1, 0.15) is 10.5 Å². The Kier molecular flexibility index (Phi) is 3.05. The zero-order valence-corrected chi connectivity index (χ0v) is 9.38. The molecule has 1 aromatic carbocycles. The molecule has 86 valence electrons. The lowest BCUT2D eigenvalue weighted by atomic mass is 10.1. The van der Waals surface area contributed by atoms with Gasteiger partial charge in [0.15, 0.2) is 0 Å². The van der Waals surface area contributed by atoms with Gasteiger partial charge in [-0.1, -0.05) is 18.2 Å². The first-order valence-corrected chi connectivity index (χ1v) is 5.11. The fourth-order valence-corrected chi connectivity index (χ4v) is 1.51. The van der Waals surface area contributed by atoms with Crippen molar-refractivity contribution in [3.05, 3.63) is 48.3 Å². The molecule has 17 heavy (non-hydrogen) atoms. The molecule has 2 rings (SSSR count). The number of benzene rings is 1. The molecule has 0 saturated heterocycles. The van der Waals surface area contributed by atoms with Crippen molar-refractivity contribution in [3.8, 4) is 11.1 Å². The Morgan fingerprint density at radius 3 is 2.65 bits per heavy atom. The molecule has 0 aliphatic carbocycles. The Bertz CT molecular complexity index is 535. The van der Waals surface area contributed by atoms with Crippen molar-refractivity contribution in [2.75, 3.05) is 12.8 Å². The van der Waals surface area contributed by atoms with Crippen molar-refractivity contribution in [1.29, 1.82) is 0 Å². The van der Waals surface area contributed by atoms with Crippen LogP contribution in [-0.4, -0.2) is 18.1 Å². The SMILES string of the molecule is COC(=O)c1ccc(-c2cccc(N)c2)cn1. The van der Waals surface area contributed by atoms with Crippen LogP contribution < -0.4 is 5.73 Å². The third kappa shape index (κ3) is 2.42. The summed E-state index contributed by atoms with van der Waals surface area (Å²) in [5.74, 6) is -0.441. The van der Waals surface area contributed by atoms with Crippen LogP contribution in [0.25, 0.3) is 11.1 Å². The number of methoxy groups -OCH3 is 1. The molecule has 2 aromatic rings. The molecule has 0 aliphatic rings. The third-order valence-electron chi connectivity index (χ3n) is 2.38. The number of hydrogen-bond acceptors (Lipinski definition) is 4. The minimum atomic E-state index is -0.441. The Hall–Kier alpha value is -2.36. The van der Waals surface area contributed by atoms with Crippen LogP contribution in [0.4, 0.5) is 5.69 Å². The number of carbonyl (C=O) groups is 1. The van der Waals surface area contributed by atoms with Gasteiger partial charge < -0.3 is 10.5 Å². The molecule has 2 N–H and O–H groups in total. The summed E-state index contributed by atoms with van der Waals surface area (Å²) in [6.45, 7) is 0. The highest BCUT2D eigenvalue weighted by atomic mass is 16.5. The minimum absolute atomic E-state index is 0.292. The second-order valence-electron chi connectivity index (χ2n) is 3.55. The summed E-state index contributed by atoms with van der Waals surface area (Å²) in [6, 6.07) is 10.9. The molecule has 0 fully saturated rings. The Labute approximate surface area is 99.1 Å². The van der Waals surface area contributed by atoms with E-state index in [-0.39, 0.29) is 0 Å². The first kappa shape index (κ1) is 11.1. The van der Waals surface area contributed by atoms with Gasteiger partial charge in [0, 0.05) is 17.4 Å². The highest BCUT2D eigenvalue weighted by Gasteiger charge is 2.06. The summed E-state index contributed by atoms with van der Waals surface area (Å²) in [4.78, 5) is 15.3. The minimum Gasteiger partial charge on any atom is -0.464 e. The summed E-state index contributed by atoms with van der Waals surface area (Å²) >= 11 is 0. The summed E-state index contributed by atoms with van der Waals surface area (Å²) < 4.78 is 4.58.